The molecule has 138 valence electrons. The number of nitrogens with zero attached hydrogens (tertiary/aromatic N) is 1. The molecule has 3 rings (SSSR count). The fourth-order valence-corrected chi connectivity index (χ4v) is 3.05. The molecule has 0 radical (unpaired) electrons. The second-order valence-corrected chi connectivity index (χ2v) is 6.62. The second-order valence-electron chi connectivity index (χ2n) is 6.21. The number of aldehydes is 1. The molecule has 0 bridgehead atoms. The standard InChI is InChI=1S/C21H20ClN3O2/c1-3-24-21(25-15-6-4-13(2)18(22)11-15)17-10-14(5-8-19(17)23)20-9-7-16(12-26)27-20/h3-9,11-12,14H,1,10,23H2,2H3,(H,24,25). The summed E-state index contributed by atoms with van der Waals surface area (Å²) >= 11 is 6.22. The number of amidine groups is 1. The Hall–Kier alpha value is -3.05. The monoisotopic (exact) mass is 381 g/mol. The topological polar surface area (TPSA) is 80.6 Å². The van der Waals surface area contributed by atoms with Gasteiger partial charge >= 0.3 is 0 Å². The first-order chi connectivity index (χ1) is 13.0. The number of furan rings is 1. The van der Waals surface area contributed by atoms with Crippen LogP contribution in [-0.2, 0) is 0 Å². The molecule has 5 nitrogen and oxygen atoms in total. The van der Waals surface area contributed by atoms with Gasteiger partial charge in [-0.1, -0.05) is 30.3 Å². The summed E-state index contributed by atoms with van der Waals surface area (Å²) in [5, 5.41) is 3.94. The van der Waals surface area contributed by atoms with Gasteiger partial charge in [0.25, 0.3) is 0 Å². The molecule has 1 aliphatic carbocycles. The fraction of sp³-hybridized carbons (Fsp3) is 0.143. The SMILES string of the molecule is C=CN=C(Nc1ccc(C)c(Cl)c1)C1=C(N)C=CC(c2ccc(C=O)o2)C1. The van der Waals surface area contributed by atoms with E-state index in [2.05, 4.69) is 16.9 Å². The van der Waals surface area contributed by atoms with Crippen LogP contribution in [0, 0.1) is 6.92 Å². The van der Waals surface area contributed by atoms with Crippen molar-refractivity contribution in [2.75, 3.05) is 5.32 Å². The van der Waals surface area contributed by atoms with Crippen LogP contribution in [0.1, 0.15) is 34.2 Å². The molecule has 27 heavy (non-hydrogen) atoms. The summed E-state index contributed by atoms with van der Waals surface area (Å²) in [5.41, 5.74) is 9.46. The van der Waals surface area contributed by atoms with Gasteiger partial charge in [0.05, 0.1) is 0 Å². The summed E-state index contributed by atoms with van der Waals surface area (Å²) < 4.78 is 5.56. The molecule has 1 aromatic heterocycles. The summed E-state index contributed by atoms with van der Waals surface area (Å²) in [7, 11) is 0. The predicted octanol–water partition coefficient (Wildman–Crippen LogP) is 4.96. The molecule has 1 aromatic carbocycles. The molecule has 3 N–H and O–H groups in total. The van der Waals surface area contributed by atoms with E-state index in [1.807, 2.05) is 37.3 Å². The van der Waals surface area contributed by atoms with Crippen molar-refractivity contribution >= 4 is 29.4 Å². The van der Waals surface area contributed by atoms with Crippen LogP contribution in [0.4, 0.5) is 5.69 Å². The fourth-order valence-electron chi connectivity index (χ4n) is 2.87. The molecule has 0 aliphatic heterocycles. The highest BCUT2D eigenvalue weighted by Crippen LogP contribution is 2.32. The number of carbonyl (C=O) groups excluding carboxylic acids is 1. The molecule has 6 heteroatoms. The molecular formula is C21H20ClN3O2. The molecule has 0 spiro atoms. The van der Waals surface area contributed by atoms with Crippen molar-refractivity contribution in [2.24, 2.45) is 10.7 Å². The number of aryl methyl sites for hydroxylation is 1. The summed E-state index contributed by atoms with van der Waals surface area (Å²) in [6.45, 7) is 5.64. The lowest BCUT2D eigenvalue weighted by Gasteiger charge is -2.21. The lowest BCUT2D eigenvalue weighted by molar-refractivity contribution is 0.109. The van der Waals surface area contributed by atoms with Crippen LogP contribution < -0.4 is 11.1 Å². The number of anilines is 1. The van der Waals surface area contributed by atoms with E-state index in [0.29, 0.717) is 40.8 Å². The van der Waals surface area contributed by atoms with E-state index in [1.165, 1.54) is 6.20 Å². The molecule has 1 atom stereocenters. The van der Waals surface area contributed by atoms with E-state index in [9.17, 15) is 4.79 Å². The van der Waals surface area contributed by atoms with E-state index >= 15 is 0 Å². The predicted molar refractivity (Wildman–Crippen MR) is 109 cm³/mol. The lowest BCUT2D eigenvalue weighted by atomic mass is 9.90. The van der Waals surface area contributed by atoms with Crippen molar-refractivity contribution in [2.45, 2.75) is 19.3 Å². The van der Waals surface area contributed by atoms with Crippen LogP contribution in [-0.4, -0.2) is 12.1 Å². The molecular weight excluding hydrogens is 362 g/mol. The van der Waals surface area contributed by atoms with Gasteiger partial charge in [0.1, 0.15) is 11.6 Å². The van der Waals surface area contributed by atoms with Gasteiger partial charge in [0, 0.05) is 34.1 Å². The Morgan fingerprint density at radius 3 is 2.89 bits per heavy atom. The van der Waals surface area contributed by atoms with Gasteiger partial charge in [-0.3, -0.25) is 4.79 Å². The second kappa shape index (κ2) is 8.10. The number of aliphatic imine (C=N–C) groups is 1. The zero-order valence-corrected chi connectivity index (χ0v) is 15.7. The minimum atomic E-state index is -0.0422. The maximum absolute atomic E-state index is 10.9. The number of hydrogen-bond acceptors (Lipinski definition) is 4. The van der Waals surface area contributed by atoms with E-state index in [0.717, 1.165) is 16.8 Å². The zero-order valence-electron chi connectivity index (χ0n) is 14.9. The Morgan fingerprint density at radius 1 is 1.41 bits per heavy atom. The minimum Gasteiger partial charge on any atom is -0.458 e. The van der Waals surface area contributed by atoms with Gasteiger partial charge in [0.15, 0.2) is 12.0 Å². The van der Waals surface area contributed by atoms with Crippen molar-refractivity contribution in [3.63, 3.8) is 0 Å². The van der Waals surface area contributed by atoms with Crippen LogP contribution in [0.3, 0.4) is 0 Å². The van der Waals surface area contributed by atoms with E-state index in [-0.39, 0.29) is 5.92 Å². The van der Waals surface area contributed by atoms with Gasteiger partial charge in [-0.2, -0.15) is 0 Å². The highest BCUT2D eigenvalue weighted by atomic mass is 35.5. The Morgan fingerprint density at radius 2 is 2.22 bits per heavy atom. The number of rotatable bonds is 5. The van der Waals surface area contributed by atoms with Crippen molar-refractivity contribution in [3.8, 4) is 0 Å². The Balaban J connectivity index is 1.88. The summed E-state index contributed by atoms with van der Waals surface area (Å²) in [4.78, 5) is 15.2. The maximum atomic E-state index is 10.9. The molecule has 1 aliphatic rings. The average Bonchev–Trinajstić information content (AvgIpc) is 3.14. The first-order valence-corrected chi connectivity index (χ1v) is 8.83. The van der Waals surface area contributed by atoms with Gasteiger partial charge < -0.3 is 15.5 Å². The van der Waals surface area contributed by atoms with E-state index in [4.69, 9.17) is 21.8 Å². The Labute approximate surface area is 162 Å². The molecule has 0 fully saturated rings. The van der Waals surface area contributed by atoms with Gasteiger partial charge in [-0.25, -0.2) is 4.99 Å². The first-order valence-electron chi connectivity index (χ1n) is 8.45. The first kappa shape index (κ1) is 18.7. The smallest absolute Gasteiger partial charge is 0.185 e. The van der Waals surface area contributed by atoms with E-state index < -0.39 is 0 Å². The quantitative estimate of drug-likeness (QED) is 0.435. The normalized spacial score (nSPS) is 17.1. The third-order valence-electron chi connectivity index (χ3n) is 4.35. The van der Waals surface area contributed by atoms with Gasteiger partial charge in [-0.05, 0) is 49.2 Å². The van der Waals surface area contributed by atoms with Crippen LogP contribution in [0.25, 0.3) is 0 Å². The number of carbonyl (C=O) groups is 1. The van der Waals surface area contributed by atoms with Gasteiger partial charge in [0.2, 0.25) is 0 Å². The maximum Gasteiger partial charge on any atom is 0.185 e. The molecule has 0 amide bonds. The number of benzene rings is 1. The van der Waals surface area contributed by atoms with Crippen molar-refractivity contribution < 1.29 is 9.21 Å². The Bertz CT molecular complexity index is 970. The van der Waals surface area contributed by atoms with Crippen molar-refractivity contribution in [1.29, 1.82) is 0 Å². The third-order valence-corrected chi connectivity index (χ3v) is 4.76. The minimum absolute atomic E-state index is 0.0422. The zero-order chi connectivity index (χ0) is 19.4. The number of hydrogen-bond donors (Lipinski definition) is 2. The van der Waals surface area contributed by atoms with Crippen LogP contribution >= 0.6 is 11.6 Å². The highest BCUT2D eigenvalue weighted by Gasteiger charge is 2.23. The van der Waals surface area contributed by atoms with Crippen LogP contribution in [0.2, 0.25) is 5.02 Å². The van der Waals surface area contributed by atoms with Crippen LogP contribution in [0.15, 0.2) is 75.9 Å². The lowest BCUT2D eigenvalue weighted by Crippen LogP contribution is -2.22. The van der Waals surface area contributed by atoms with Crippen LogP contribution in [0.5, 0.6) is 0 Å². The van der Waals surface area contributed by atoms with E-state index in [1.54, 1.807) is 12.1 Å². The number of halogens is 1. The molecule has 2 aromatic rings. The molecule has 1 heterocycles. The summed E-state index contributed by atoms with van der Waals surface area (Å²) in [6, 6.07) is 9.15. The number of nitrogens with two attached hydrogens (primary N) is 1. The highest BCUT2D eigenvalue weighted by molar-refractivity contribution is 6.31. The van der Waals surface area contributed by atoms with Gasteiger partial charge in [-0.15, -0.1) is 0 Å². The van der Waals surface area contributed by atoms with Crippen molar-refractivity contribution in [1.82, 2.24) is 0 Å². The molecule has 1 unspecified atom stereocenters. The Kier molecular flexibility index (Phi) is 5.62. The molecule has 0 saturated carbocycles. The summed E-state index contributed by atoms with van der Waals surface area (Å²) in [5.74, 6) is 1.56. The number of nitrogens with one attached hydrogen (secondary N) is 1. The van der Waals surface area contributed by atoms with Crippen molar-refractivity contribution in [3.05, 3.63) is 88.6 Å². The number of allylic oxidation sites excluding steroid dienone is 2. The summed E-state index contributed by atoms with van der Waals surface area (Å²) in [6.07, 6.45) is 6.51. The molecule has 0 saturated heterocycles. The largest absolute Gasteiger partial charge is 0.458 e. The third kappa shape index (κ3) is 4.20. The average molecular weight is 382 g/mol.